The van der Waals surface area contributed by atoms with E-state index in [-0.39, 0.29) is 0 Å². The van der Waals surface area contributed by atoms with Crippen molar-refractivity contribution in [2.75, 3.05) is 38.6 Å². The van der Waals surface area contributed by atoms with E-state index in [9.17, 15) is 9.90 Å². The average Bonchev–Trinajstić information content (AvgIpc) is 2.41. The zero-order chi connectivity index (χ0) is 14.7. The van der Waals surface area contributed by atoms with Crippen molar-refractivity contribution in [3.05, 3.63) is 29.3 Å². The van der Waals surface area contributed by atoms with Crippen LogP contribution in [-0.4, -0.2) is 49.7 Å². The summed E-state index contributed by atoms with van der Waals surface area (Å²) in [5, 5.41) is 9.35. The quantitative estimate of drug-likeness (QED) is 0.917. The Bertz CT molecular complexity index is 479. The highest BCUT2D eigenvalue weighted by Crippen LogP contribution is 2.24. The van der Waals surface area contributed by atoms with Gasteiger partial charge in [0.05, 0.1) is 11.3 Å². The predicted molar refractivity (Wildman–Crippen MR) is 81.6 cm³/mol. The van der Waals surface area contributed by atoms with E-state index in [1.54, 1.807) is 6.07 Å². The lowest BCUT2D eigenvalue weighted by Gasteiger charge is -2.32. The van der Waals surface area contributed by atoms with Crippen LogP contribution in [0.1, 0.15) is 28.8 Å². The summed E-state index contributed by atoms with van der Waals surface area (Å²) in [6.07, 6.45) is 2.38. The van der Waals surface area contributed by atoms with Gasteiger partial charge in [0.1, 0.15) is 0 Å². The highest BCUT2D eigenvalue weighted by Gasteiger charge is 2.20. The monoisotopic (exact) mass is 276 g/mol. The number of aryl methyl sites for hydroxylation is 1. The van der Waals surface area contributed by atoms with Crippen LogP contribution in [0.15, 0.2) is 18.2 Å². The van der Waals surface area contributed by atoms with Crippen LogP contribution in [0.4, 0.5) is 5.69 Å². The minimum atomic E-state index is -0.848. The Labute approximate surface area is 121 Å². The highest BCUT2D eigenvalue weighted by molar-refractivity contribution is 5.94. The maximum Gasteiger partial charge on any atom is 0.337 e. The first-order valence-electron chi connectivity index (χ1n) is 7.21. The van der Waals surface area contributed by atoms with Crippen molar-refractivity contribution in [1.29, 1.82) is 0 Å². The number of likely N-dealkylation sites (tertiary alicyclic amines) is 1. The molecule has 1 aromatic rings. The van der Waals surface area contributed by atoms with Crippen LogP contribution < -0.4 is 4.90 Å². The molecule has 1 aliphatic heterocycles. The third-order valence-corrected chi connectivity index (χ3v) is 4.16. The van der Waals surface area contributed by atoms with Crippen LogP contribution in [0.3, 0.4) is 0 Å². The first kappa shape index (κ1) is 14.9. The van der Waals surface area contributed by atoms with Crippen molar-refractivity contribution >= 4 is 11.7 Å². The number of hydrogen-bond acceptors (Lipinski definition) is 3. The lowest BCUT2D eigenvalue weighted by molar-refractivity contribution is 0.0697. The molecule has 0 bridgehead atoms. The van der Waals surface area contributed by atoms with E-state index in [1.165, 1.54) is 12.8 Å². The van der Waals surface area contributed by atoms with Crippen molar-refractivity contribution in [2.24, 2.45) is 5.92 Å². The standard InChI is InChI=1S/C16H24N2O2/c1-12-4-5-15(14(10-12)16(19)20)18(3)11-13-6-8-17(2)9-7-13/h4-5,10,13H,6-9,11H2,1-3H3,(H,19,20). The van der Waals surface area contributed by atoms with Crippen molar-refractivity contribution < 1.29 is 9.90 Å². The van der Waals surface area contributed by atoms with Crippen LogP contribution in [-0.2, 0) is 0 Å². The molecule has 1 N–H and O–H groups in total. The molecule has 0 aromatic heterocycles. The molecule has 110 valence electrons. The summed E-state index contributed by atoms with van der Waals surface area (Å²) in [5.41, 5.74) is 2.21. The number of piperidine rings is 1. The van der Waals surface area contributed by atoms with Gasteiger partial charge < -0.3 is 14.9 Å². The van der Waals surface area contributed by atoms with Gasteiger partial charge in [-0.05, 0) is 58.0 Å². The third kappa shape index (κ3) is 3.51. The molecular formula is C16H24N2O2. The molecule has 0 radical (unpaired) electrons. The number of aromatic carboxylic acids is 1. The molecule has 1 aliphatic rings. The number of carboxylic acid groups (broad SMARTS) is 1. The summed E-state index contributed by atoms with van der Waals surface area (Å²) in [6, 6.07) is 5.66. The average molecular weight is 276 g/mol. The Kier molecular flexibility index (Phi) is 4.65. The summed E-state index contributed by atoms with van der Waals surface area (Å²) < 4.78 is 0. The fourth-order valence-corrected chi connectivity index (χ4v) is 2.88. The minimum absolute atomic E-state index is 0.403. The van der Waals surface area contributed by atoms with E-state index in [1.807, 2.05) is 26.1 Å². The van der Waals surface area contributed by atoms with Gasteiger partial charge in [0.25, 0.3) is 0 Å². The second kappa shape index (κ2) is 6.27. The van der Waals surface area contributed by atoms with Gasteiger partial charge in [0.15, 0.2) is 0 Å². The molecule has 0 amide bonds. The summed E-state index contributed by atoms with van der Waals surface area (Å²) >= 11 is 0. The van der Waals surface area contributed by atoms with Crippen LogP contribution in [0.5, 0.6) is 0 Å². The maximum absolute atomic E-state index is 11.4. The van der Waals surface area contributed by atoms with Gasteiger partial charge in [-0.15, -0.1) is 0 Å². The van der Waals surface area contributed by atoms with E-state index in [0.29, 0.717) is 11.5 Å². The zero-order valence-corrected chi connectivity index (χ0v) is 12.6. The number of benzene rings is 1. The summed E-state index contributed by atoms with van der Waals surface area (Å²) in [4.78, 5) is 15.8. The SMILES string of the molecule is Cc1ccc(N(C)CC2CCN(C)CC2)c(C(=O)O)c1. The molecular weight excluding hydrogens is 252 g/mol. The Morgan fingerprint density at radius 3 is 2.65 bits per heavy atom. The van der Waals surface area contributed by atoms with Crippen LogP contribution in [0.2, 0.25) is 0 Å². The Hall–Kier alpha value is -1.55. The Balaban J connectivity index is 2.09. The van der Waals surface area contributed by atoms with E-state index in [4.69, 9.17) is 0 Å². The molecule has 4 nitrogen and oxygen atoms in total. The fraction of sp³-hybridized carbons (Fsp3) is 0.562. The largest absolute Gasteiger partial charge is 0.478 e. The molecule has 0 atom stereocenters. The van der Waals surface area contributed by atoms with Gasteiger partial charge >= 0.3 is 5.97 Å². The van der Waals surface area contributed by atoms with Crippen molar-refractivity contribution in [3.8, 4) is 0 Å². The van der Waals surface area contributed by atoms with E-state index in [0.717, 1.165) is 30.9 Å². The number of carboxylic acids is 1. The second-order valence-electron chi connectivity index (χ2n) is 5.95. The third-order valence-electron chi connectivity index (χ3n) is 4.16. The number of nitrogens with zero attached hydrogens (tertiary/aromatic N) is 2. The maximum atomic E-state index is 11.4. The van der Waals surface area contributed by atoms with Crippen molar-refractivity contribution in [3.63, 3.8) is 0 Å². The molecule has 1 aromatic carbocycles. The van der Waals surface area contributed by atoms with E-state index in [2.05, 4.69) is 16.8 Å². The summed E-state index contributed by atoms with van der Waals surface area (Å²) in [7, 11) is 4.15. The molecule has 2 rings (SSSR count). The predicted octanol–water partition coefficient (Wildman–Crippen LogP) is 2.47. The van der Waals surface area contributed by atoms with E-state index < -0.39 is 5.97 Å². The van der Waals surface area contributed by atoms with Crippen molar-refractivity contribution in [2.45, 2.75) is 19.8 Å². The Morgan fingerprint density at radius 2 is 2.05 bits per heavy atom. The molecule has 0 spiro atoms. The molecule has 4 heteroatoms. The van der Waals surface area contributed by atoms with Gasteiger partial charge in [-0.1, -0.05) is 11.6 Å². The molecule has 1 fully saturated rings. The lowest BCUT2D eigenvalue weighted by Crippen LogP contribution is -2.36. The smallest absolute Gasteiger partial charge is 0.337 e. The summed E-state index contributed by atoms with van der Waals surface area (Å²) in [6.45, 7) is 5.13. The van der Waals surface area contributed by atoms with Crippen LogP contribution >= 0.6 is 0 Å². The highest BCUT2D eigenvalue weighted by atomic mass is 16.4. The molecule has 0 aliphatic carbocycles. The topological polar surface area (TPSA) is 43.8 Å². The van der Waals surface area contributed by atoms with Gasteiger partial charge in [-0.25, -0.2) is 4.79 Å². The fourth-order valence-electron chi connectivity index (χ4n) is 2.88. The number of anilines is 1. The van der Waals surface area contributed by atoms with E-state index >= 15 is 0 Å². The van der Waals surface area contributed by atoms with Crippen molar-refractivity contribution in [1.82, 2.24) is 4.90 Å². The zero-order valence-electron chi connectivity index (χ0n) is 12.6. The van der Waals surface area contributed by atoms with Crippen LogP contribution in [0.25, 0.3) is 0 Å². The van der Waals surface area contributed by atoms with Gasteiger partial charge in [0.2, 0.25) is 0 Å². The number of hydrogen-bond donors (Lipinski definition) is 1. The normalized spacial score (nSPS) is 17.1. The molecule has 20 heavy (non-hydrogen) atoms. The van der Waals surface area contributed by atoms with Gasteiger partial charge in [-0.3, -0.25) is 0 Å². The minimum Gasteiger partial charge on any atom is -0.478 e. The molecule has 1 saturated heterocycles. The first-order chi connectivity index (χ1) is 9.47. The van der Waals surface area contributed by atoms with Gasteiger partial charge in [0, 0.05) is 13.6 Å². The second-order valence-corrected chi connectivity index (χ2v) is 5.95. The molecule has 1 heterocycles. The van der Waals surface area contributed by atoms with Crippen LogP contribution in [0, 0.1) is 12.8 Å². The van der Waals surface area contributed by atoms with Gasteiger partial charge in [-0.2, -0.15) is 0 Å². The molecule has 0 unspecified atom stereocenters. The summed E-state index contributed by atoms with van der Waals surface area (Å²) in [5.74, 6) is -0.196. The molecule has 0 saturated carbocycles. The number of rotatable bonds is 4. The lowest BCUT2D eigenvalue weighted by atomic mass is 9.96. The first-order valence-corrected chi connectivity index (χ1v) is 7.21. The Morgan fingerprint density at radius 1 is 1.40 bits per heavy atom. The number of carbonyl (C=O) groups is 1.